The smallest absolute Gasteiger partial charge is 0.154 e. The third-order valence-electron chi connectivity index (χ3n) is 4.50. The van der Waals surface area contributed by atoms with Crippen molar-refractivity contribution in [3.8, 4) is 0 Å². The van der Waals surface area contributed by atoms with E-state index in [9.17, 15) is 8.42 Å². The molecule has 1 N–H and O–H groups in total. The molecule has 1 saturated carbocycles. The monoisotopic (exact) mass is 259 g/mol. The molecule has 17 heavy (non-hydrogen) atoms. The Morgan fingerprint density at radius 3 is 2.53 bits per heavy atom. The van der Waals surface area contributed by atoms with Gasteiger partial charge in [-0.25, -0.2) is 8.42 Å². The summed E-state index contributed by atoms with van der Waals surface area (Å²) in [5, 5.41) is 3.39. The summed E-state index contributed by atoms with van der Waals surface area (Å²) in [6, 6.07) is 0.530. The molecular weight excluding hydrogens is 234 g/mol. The van der Waals surface area contributed by atoms with Crippen molar-refractivity contribution in [3.05, 3.63) is 0 Å². The van der Waals surface area contributed by atoms with E-state index in [4.69, 9.17) is 0 Å². The first kappa shape index (κ1) is 13.3. The van der Waals surface area contributed by atoms with Crippen LogP contribution in [0.15, 0.2) is 0 Å². The molecule has 4 unspecified atom stereocenters. The van der Waals surface area contributed by atoms with Crippen LogP contribution in [0, 0.1) is 11.8 Å². The van der Waals surface area contributed by atoms with E-state index in [1.807, 2.05) is 0 Å². The molecule has 3 nitrogen and oxygen atoms in total. The van der Waals surface area contributed by atoms with Crippen molar-refractivity contribution in [3.63, 3.8) is 0 Å². The van der Waals surface area contributed by atoms with E-state index in [-0.39, 0.29) is 5.25 Å². The fourth-order valence-corrected chi connectivity index (χ4v) is 5.12. The van der Waals surface area contributed by atoms with Gasteiger partial charge in [-0.1, -0.05) is 13.8 Å². The minimum atomic E-state index is -2.78. The van der Waals surface area contributed by atoms with Crippen LogP contribution in [0.5, 0.6) is 0 Å². The molecule has 1 heterocycles. The lowest BCUT2D eigenvalue weighted by Crippen LogP contribution is -2.43. The first-order chi connectivity index (χ1) is 7.99. The minimum absolute atomic E-state index is 0.117. The van der Waals surface area contributed by atoms with Crippen LogP contribution in [-0.2, 0) is 9.84 Å². The first-order valence-electron chi connectivity index (χ1n) is 6.94. The van der Waals surface area contributed by atoms with Gasteiger partial charge < -0.3 is 5.32 Å². The van der Waals surface area contributed by atoms with Crippen LogP contribution in [-0.4, -0.2) is 32.0 Å². The van der Waals surface area contributed by atoms with Crippen molar-refractivity contribution in [2.24, 2.45) is 11.8 Å². The van der Waals surface area contributed by atoms with Gasteiger partial charge in [-0.05, 0) is 43.9 Å². The molecule has 0 aromatic heterocycles. The van der Waals surface area contributed by atoms with E-state index in [0.717, 1.165) is 18.8 Å². The summed E-state index contributed by atoms with van der Waals surface area (Å²) in [7, 11) is -2.78. The normalized spacial score (nSPS) is 41.5. The average Bonchev–Trinajstić information content (AvgIpc) is 2.57. The summed E-state index contributed by atoms with van der Waals surface area (Å²) in [6.45, 7) is 5.27. The largest absolute Gasteiger partial charge is 0.312 e. The van der Waals surface area contributed by atoms with Gasteiger partial charge in [0.1, 0.15) is 0 Å². The Morgan fingerprint density at radius 2 is 1.94 bits per heavy atom. The lowest BCUT2D eigenvalue weighted by molar-refractivity contribution is 0.228. The van der Waals surface area contributed by atoms with Gasteiger partial charge in [0.25, 0.3) is 0 Å². The number of nitrogens with one attached hydrogen (secondary N) is 1. The van der Waals surface area contributed by atoms with Crippen molar-refractivity contribution < 1.29 is 8.42 Å². The molecule has 1 saturated heterocycles. The Kier molecular flexibility index (Phi) is 4.14. The standard InChI is InChI=1S/C13H25NO2S/c1-10-5-6-13(11(2)8-10)14-9-12-4-3-7-17(12,15)16/h10-14H,3-9H2,1-2H3. The van der Waals surface area contributed by atoms with Gasteiger partial charge in [0.2, 0.25) is 0 Å². The second-order valence-corrected chi connectivity index (χ2v) is 8.44. The number of hydrogen-bond donors (Lipinski definition) is 1. The van der Waals surface area contributed by atoms with Crippen molar-refractivity contribution >= 4 is 9.84 Å². The van der Waals surface area contributed by atoms with E-state index in [0.29, 0.717) is 24.3 Å². The van der Waals surface area contributed by atoms with E-state index in [1.54, 1.807) is 0 Å². The van der Waals surface area contributed by atoms with Crippen LogP contribution in [0.4, 0.5) is 0 Å². The van der Waals surface area contributed by atoms with Gasteiger partial charge in [-0.15, -0.1) is 0 Å². The predicted octanol–water partition coefficient (Wildman–Crippen LogP) is 1.98. The zero-order chi connectivity index (χ0) is 12.5. The maximum atomic E-state index is 11.7. The highest BCUT2D eigenvalue weighted by Crippen LogP contribution is 2.29. The second kappa shape index (κ2) is 5.27. The maximum absolute atomic E-state index is 11.7. The van der Waals surface area contributed by atoms with Crippen LogP contribution >= 0.6 is 0 Å². The Morgan fingerprint density at radius 1 is 1.18 bits per heavy atom. The Labute approximate surface area is 105 Å². The lowest BCUT2D eigenvalue weighted by Gasteiger charge is -2.33. The second-order valence-electron chi connectivity index (χ2n) is 6.04. The molecule has 0 spiro atoms. The highest BCUT2D eigenvalue weighted by atomic mass is 32.2. The highest BCUT2D eigenvalue weighted by Gasteiger charge is 2.32. The van der Waals surface area contributed by atoms with Gasteiger partial charge in [-0.2, -0.15) is 0 Å². The molecule has 0 radical (unpaired) electrons. The van der Waals surface area contributed by atoms with Crippen LogP contribution in [0.1, 0.15) is 46.0 Å². The first-order valence-corrected chi connectivity index (χ1v) is 8.65. The van der Waals surface area contributed by atoms with Crippen molar-refractivity contribution in [1.82, 2.24) is 5.32 Å². The summed E-state index contributed by atoms with van der Waals surface area (Å²) >= 11 is 0. The molecule has 2 aliphatic rings. The van der Waals surface area contributed by atoms with Gasteiger partial charge in [-0.3, -0.25) is 0 Å². The van der Waals surface area contributed by atoms with E-state index >= 15 is 0 Å². The molecule has 4 heteroatoms. The molecule has 0 amide bonds. The van der Waals surface area contributed by atoms with Gasteiger partial charge in [0.05, 0.1) is 11.0 Å². The summed E-state index contributed by atoms with van der Waals surface area (Å²) in [6.07, 6.45) is 5.46. The fourth-order valence-electron chi connectivity index (χ4n) is 3.34. The molecular formula is C13H25NO2S. The molecule has 0 aromatic carbocycles. The highest BCUT2D eigenvalue weighted by molar-refractivity contribution is 7.92. The summed E-state index contributed by atoms with van der Waals surface area (Å²) < 4.78 is 23.5. The zero-order valence-electron chi connectivity index (χ0n) is 11.0. The van der Waals surface area contributed by atoms with Gasteiger partial charge in [0, 0.05) is 12.6 Å². The number of hydrogen-bond acceptors (Lipinski definition) is 3. The third-order valence-corrected chi connectivity index (χ3v) is 6.78. The lowest BCUT2D eigenvalue weighted by atomic mass is 9.80. The molecule has 0 bridgehead atoms. The van der Waals surface area contributed by atoms with Gasteiger partial charge >= 0.3 is 0 Å². The van der Waals surface area contributed by atoms with Crippen molar-refractivity contribution in [2.75, 3.05) is 12.3 Å². The number of sulfone groups is 1. The average molecular weight is 259 g/mol. The molecule has 1 aliphatic carbocycles. The zero-order valence-corrected chi connectivity index (χ0v) is 11.8. The summed E-state index contributed by atoms with van der Waals surface area (Å²) in [5.41, 5.74) is 0. The third kappa shape index (κ3) is 3.22. The SMILES string of the molecule is CC1CCC(NCC2CCCS2(=O)=O)C(C)C1. The van der Waals surface area contributed by atoms with Crippen LogP contribution in [0.2, 0.25) is 0 Å². The summed E-state index contributed by atoms with van der Waals surface area (Å²) in [4.78, 5) is 0. The molecule has 1 aliphatic heterocycles. The Bertz CT molecular complexity index is 352. The molecule has 0 aromatic rings. The minimum Gasteiger partial charge on any atom is -0.312 e. The topological polar surface area (TPSA) is 46.2 Å². The van der Waals surface area contributed by atoms with E-state index < -0.39 is 9.84 Å². The van der Waals surface area contributed by atoms with Crippen molar-refractivity contribution in [2.45, 2.75) is 57.2 Å². The predicted molar refractivity (Wildman–Crippen MR) is 70.8 cm³/mol. The quantitative estimate of drug-likeness (QED) is 0.843. The molecule has 100 valence electrons. The van der Waals surface area contributed by atoms with Crippen molar-refractivity contribution in [1.29, 1.82) is 0 Å². The van der Waals surface area contributed by atoms with E-state index in [2.05, 4.69) is 19.2 Å². The van der Waals surface area contributed by atoms with E-state index in [1.165, 1.54) is 19.3 Å². The fraction of sp³-hybridized carbons (Fsp3) is 1.00. The Balaban J connectivity index is 1.82. The Hall–Kier alpha value is -0.0900. The number of rotatable bonds is 3. The van der Waals surface area contributed by atoms with Crippen LogP contribution in [0.3, 0.4) is 0 Å². The summed E-state index contributed by atoms with van der Waals surface area (Å²) in [5.74, 6) is 1.91. The maximum Gasteiger partial charge on any atom is 0.154 e. The molecule has 2 fully saturated rings. The van der Waals surface area contributed by atoms with Crippen LogP contribution in [0.25, 0.3) is 0 Å². The van der Waals surface area contributed by atoms with Gasteiger partial charge in [0.15, 0.2) is 9.84 Å². The molecule has 4 atom stereocenters. The van der Waals surface area contributed by atoms with Crippen LogP contribution < -0.4 is 5.32 Å². The molecule has 2 rings (SSSR count).